The molecule has 0 saturated heterocycles. The number of aromatic nitrogens is 3. The van der Waals surface area contributed by atoms with Crippen LogP contribution in [0.5, 0.6) is 5.88 Å². The number of pyridine rings is 1. The Morgan fingerprint density at radius 2 is 2.13 bits per heavy atom. The molecule has 0 aliphatic heterocycles. The maximum absolute atomic E-state index is 12.1. The Morgan fingerprint density at radius 3 is 2.74 bits per heavy atom. The molecule has 0 aliphatic rings. The normalized spacial score (nSPS) is 10.6. The minimum Gasteiger partial charge on any atom is -0.417 e. The molecule has 1 amide bonds. The zero-order valence-corrected chi connectivity index (χ0v) is 12.2. The van der Waals surface area contributed by atoms with Crippen LogP contribution in [0.25, 0.3) is 11.3 Å². The number of amides is 1. The molecule has 7 nitrogen and oxygen atoms in total. The summed E-state index contributed by atoms with van der Waals surface area (Å²) in [5, 5.41) is 6.64. The Morgan fingerprint density at radius 1 is 1.35 bits per heavy atom. The molecule has 9 heteroatoms. The predicted molar refractivity (Wildman–Crippen MR) is 77.0 cm³/mol. The minimum atomic E-state index is -2.95. The number of nitrogens with one attached hydrogen (secondary N) is 1. The van der Waals surface area contributed by atoms with E-state index in [0.717, 1.165) is 4.68 Å². The molecular weight excluding hydrogens is 310 g/mol. The number of hydrogen-bond acceptors (Lipinski definition) is 5. The topological polar surface area (TPSA) is 86.1 Å². The van der Waals surface area contributed by atoms with Gasteiger partial charge in [0.15, 0.2) is 0 Å². The highest BCUT2D eigenvalue weighted by atomic mass is 19.3. The van der Waals surface area contributed by atoms with Crippen molar-refractivity contribution in [2.45, 2.75) is 20.1 Å². The fourth-order valence-corrected chi connectivity index (χ4v) is 1.80. The van der Waals surface area contributed by atoms with Gasteiger partial charge in [0.25, 0.3) is 5.56 Å². The van der Waals surface area contributed by atoms with Gasteiger partial charge in [0.05, 0.1) is 5.69 Å². The van der Waals surface area contributed by atoms with E-state index in [1.54, 1.807) is 6.92 Å². The van der Waals surface area contributed by atoms with Crippen LogP contribution in [0.4, 0.5) is 8.78 Å². The first-order chi connectivity index (χ1) is 11.0. The van der Waals surface area contributed by atoms with Crippen molar-refractivity contribution in [3.05, 3.63) is 40.8 Å². The van der Waals surface area contributed by atoms with E-state index in [1.807, 2.05) is 0 Å². The highest BCUT2D eigenvalue weighted by Crippen LogP contribution is 2.18. The minimum absolute atomic E-state index is 0.208. The fourth-order valence-electron chi connectivity index (χ4n) is 1.80. The Bertz CT molecular complexity index is 732. The molecule has 122 valence electrons. The average Bonchev–Trinajstić information content (AvgIpc) is 2.50. The molecule has 0 unspecified atom stereocenters. The van der Waals surface area contributed by atoms with Crippen LogP contribution in [0.1, 0.15) is 6.92 Å². The third kappa shape index (κ3) is 4.56. The van der Waals surface area contributed by atoms with Gasteiger partial charge in [0, 0.05) is 30.4 Å². The molecule has 0 aliphatic carbocycles. The summed E-state index contributed by atoms with van der Waals surface area (Å²) in [6.45, 7) is -0.951. The number of nitrogens with zero attached hydrogens (tertiary/aromatic N) is 3. The van der Waals surface area contributed by atoms with Gasteiger partial charge in [0.2, 0.25) is 11.8 Å². The maximum Gasteiger partial charge on any atom is 0.388 e. The van der Waals surface area contributed by atoms with Crippen LogP contribution in [0.15, 0.2) is 35.3 Å². The average molecular weight is 324 g/mol. The van der Waals surface area contributed by atoms with Crippen molar-refractivity contribution in [1.82, 2.24) is 20.1 Å². The third-order valence-corrected chi connectivity index (χ3v) is 2.78. The fraction of sp³-hybridized carbons (Fsp3) is 0.286. The van der Waals surface area contributed by atoms with Crippen LogP contribution in [0, 0.1) is 0 Å². The van der Waals surface area contributed by atoms with E-state index < -0.39 is 12.2 Å². The Labute approximate surface area is 129 Å². The summed E-state index contributed by atoms with van der Waals surface area (Å²) < 4.78 is 29.3. The van der Waals surface area contributed by atoms with Crippen molar-refractivity contribution in [2.75, 3.05) is 6.54 Å². The zero-order valence-electron chi connectivity index (χ0n) is 12.2. The van der Waals surface area contributed by atoms with Gasteiger partial charge in [-0.3, -0.25) is 9.59 Å². The lowest BCUT2D eigenvalue weighted by Crippen LogP contribution is -2.33. The first kappa shape index (κ1) is 16.5. The van der Waals surface area contributed by atoms with E-state index >= 15 is 0 Å². The number of halogens is 2. The second-order valence-electron chi connectivity index (χ2n) is 4.43. The molecule has 0 bridgehead atoms. The monoisotopic (exact) mass is 324 g/mol. The molecule has 0 saturated carbocycles. The van der Waals surface area contributed by atoms with Crippen molar-refractivity contribution in [1.29, 1.82) is 0 Å². The molecule has 0 radical (unpaired) electrons. The van der Waals surface area contributed by atoms with Crippen molar-refractivity contribution in [3.63, 3.8) is 0 Å². The van der Waals surface area contributed by atoms with Gasteiger partial charge in [-0.25, -0.2) is 9.67 Å². The van der Waals surface area contributed by atoms with E-state index in [9.17, 15) is 18.4 Å². The first-order valence-electron chi connectivity index (χ1n) is 6.75. The highest BCUT2D eigenvalue weighted by molar-refractivity contribution is 5.75. The van der Waals surface area contributed by atoms with Gasteiger partial charge in [-0.2, -0.15) is 13.9 Å². The lowest BCUT2D eigenvalue weighted by atomic mass is 10.2. The van der Waals surface area contributed by atoms with E-state index in [-0.39, 0.29) is 18.3 Å². The molecule has 0 spiro atoms. The standard InChI is InChI=1S/C14H14F2N4O3/c1-2-17-11(21)8-20-13(22)6-4-10(19-20)9-3-5-12(18-7-9)23-14(15)16/h3-7,14H,2,8H2,1H3,(H,17,21). The van der Waals surface area contributed by atoms with E-state index in [0.29, 0.717) is 17.8 Å². The second-order valence-corrected chi connectivity index (χ2v) is 4.43. The number of ether oxygens (including phenoxy) is 1. The summed E-state index contributed by atoms with van der Waals surface area (Å²) in [4.78, 5) is 27.0. The number of likely N-dealkylation sites (N-methyl/N-ethyl adjacent to an activating group) is 1. The molecule has 0 atom stereocenters. The Kier molecular flexibility index (Phi) is 5.34. The van der Waals surface area contributed by atoms with Crippen molar-refractivity contribution < 1.29 is 18.3 Å². The van der Waals surface area contributed by atoms with Crippen LogP contribution < -0.4 is 15.6 Å². The van der Waals surface area contributed by atoms with Crippen LogP contribution in [0.2, 0.25) is 0 Å². The first-order valence-corrected chi connectivity index (χ1v) is 6.75. The number of alkyl halides is 2. The molecule has 1 N–H and O–H groups in total. The molecule has 2 rings (SSSR count). The van der Waals surface area contributed by atoms with Crippen LogP contribution >= 0.6 is 0 Å². The van der Waals surface area contributed by atoms with Crippen molar-refractivity contribution in [2.24, 2.45) is 0 Å². The number of carbonyl (C=O) groups excluding carboxylic acids is 1. The SMILES string of the molecule is CCNC(=O)Cn1nc(-c2ccc(OC(F)F)nc2)ccc1=O. The van der Waals surface area contributed by atoms with Crippen molar-refractivity contribution in [3.8, 4) is 17.1 Å². The molecule has 2 aromatic heterocycles. The third-order valence-electron chi connectivity index (χ3n) is 2.78. The summed E-state index contributed by atoms with van der Waals surface area (Å²) in [6, 6.07) is 5.47. The highest BCUT2D eigenvalue weighted by Gasteiger charge is 2.09. The smallest absolute Gasteiger partial charge is 0.388 e. The van der Waals surface area contributed by atoms with Crippen LogP contribution in [0.3, 0.4) is 0 Å². The van der Waals surface area contributed by atoms with Gasteiger partial charge < -0.3 is 10.1 Å². The van der Waals surface area contributed by atoms with Gasteiger partial charge in [0.1, 0.15) is 6.54 Å². The maximum atomic E-state index is 12.1. The number of hydrogen-bond donors (Lipinski definition) is 1. The Balaban J connectivity index is 2.23. The summed E-state index contributed by atoms with van der Waals surface area (Å²) >= 11 is 0. The van der Waals surface area contributed by atoms with E-state index in [4.69, 9.17) is 0 Å². The van der Waals surface area contributed by atoms with Gasteiger partial charge in [-0.1, -0.05) is 0 Å². The van der Waals surface area contributed by atoms with Gasteiger partial charge >= 0.3 is 6.61 Å². The lowest BCUT2D eigenvalue weighted by Gasteiger charge is -2.08. The van der Waals surface area contributed by atoms with Crippen LogP contribution in [-0.2, 0) is 11.3 Å². The quantitative estimate of drug-likeness (QED) is 0.858. The zero-order chi connectivity index (χ0) is 16.8. The summed E-state index contributed by atoms with van der Waals surface area (Å²) in [5.74, 6) is -0.558. The molecule has 2 heterocycles. The lowest BCUT2D eigenvalue weighted by molar-refractivity contribution is -0.121. The summed E-state index contributed by atoms with van der Waals surface area (Å²) in [5.41, 5.74) is 0.451. The summed E-state index contributed by atoms with van der Waals surface area (Å²) in [7, 11) is 0. The largest absolute Gasteiger partial charge is 0.417 e. The number of carbonyl (C=O) groups is 1. The van der Waals surface area contributed by atoms with E-state index in [2.05, 4.69) is 20.1 Å². The molecule has 0 fully saturated rings. The van der Waals surface area contributed by atoms with Gasteiger partial charge in [-0.05, 0) is 19.1 Å². The van der Waals surface area contributed by atoms with Crippen LogP contribution in [-0.4, -0.2) is 33.8 Å². The molecule has 0 aromatic carbocycles. The van der Waals surface area contributed by atoms with E-state index in [1.165, 1.54) is 30.5 Å². The molecular formula is C14H14F2N4O3. The summed E-state index contributed by atoms with van der Waals surface area (Å²) in [6.07, 6.45) is 1.29. The predicted octanol–water partition coefficient (Wildman–Crippen LogP) is 1.04. The number of rotatable bonds is 6. The second kappa shape index (κ2) is 7.43. The van der Waals surface area contributed by atoms with Gasteiger partial charge in [-0.15, -0.1) is 0 Å². The molecule has 23 heavy (non-hydrogen) atoms. The van der Waals surface area contributed by atoms with Crippen molar-refractivity contribution >= 4 is 5.91 Å². The Hall–Kier alpha value is -2.84. The molecule has 2 aromatic rings.